The number of halogens is 5. The molecule has 3 aromatic rings. The second kappa shape index (κ2) is 8.77. The Labute approximate surface area is 188 Å². The number of hydrogen-bond donors (Lipinski definition) is 0. The van der Waals surface area contributed by atoms with E-state index >= 15 is 0 Å². The minimum absolute atomic E-state index is 0.245. The summed E-state index contributed by atoms with van der Waals surface area (Å²) in [4.78, 5) is 0. The number of nitrogens with zero attached hydrogens (tertiary/aromatic N) is 2. The molecule has 0 fully saturated rings. The molecule has 1 heterocycles. The van der Waals surface area contributed by atoms with Gasteiger partial charge in [-0.25, -0.2) is 0 Å². The lowest BCUT2D eigenvalue weighted by Crippen LogP contribution is -2.19. The molecular formula is C24H17Cl2F3N2. The van der Waals surface area contributed by atoms with Crippen molar-refractivity contribution < 1.29 is 13.2 Å². The molecule has 0 aliphatic carbocycles. The fraction of sp³-hybridized carbons (Fsp3) is 0.125. The minimum Gasteiger partial charge on any atom is -0.257 e. The van der Waals surface area contributed by atoms with E-state index in [-0.39, 0.29) is 6.04 Å². The lowest BCUT2D eigenvalue weighted by molar-refractivity contribution is -0.137. The second-order valence-corrected chi connectivity index (χ2v) is 8.01. The molecule has 0 spiro atoms. The van der Waals surface area contributed by atoms with Gasteiger partial charge in [0.25, 0.3) is 0 Å². The Balaban J connectivity index is 1.68. The van der Waals surface area contributed by atoms with Crippen molar-refractivity contribution in [2.24, 2.45) is 5.10 Å². The summed E-state index contributed by atoms with van der Waals surface area (Å²) in [5.74, 6) is 0. The van der Waals surface area contributed by atoms with Crippen molar-refractivity contribution in [2.75, 3.05) is 5.01 Å². The summed E-state index contributed by atoms with van der Waals surface area (Å²) in [7, 11) is 0. The van der Waals surface area contributed by atoms with Gasteiger partial charge in [0.15, 0.2) is 0 Å². The van der Waals surface area contributed by atoms with Gasteiger partial charge in [0.2, 0.25) is 0 Å². The van der Waals surface area contributed by atoms with Crippen LogP contribution in [0.4, 0.5) is 18.9 Å². The van der Waals surface area contributed by atoms with Gasteiger partial charge in [0.05, 0.1) is 23.0 Å². The first-order valence-electron chi connectivity index (χ1n) is 9.53. The molecule has 3 aromatic carbocycles. The molecule has 0 amide bonds. The number of anilines is 1. The summed E-state index contributed by atoms with van der Waals surface area (Å²) >= 11 is 11.9. The average molecular weight is 461 g/mol. The summed E-state index contributed by atoms with van der Waals surface area (Å²) in [6, 6.07) is 19.6. The molecule has 0 N–H and O–H groups in total. The molecule has 31 heavy (non-hydrogen) atoms. The van der Waals surface area contributed by atoms with E-state index in [1.165, 1.54) is 6.07 Å². The van der Waals surface area contributed by atoms with Crippen LogP contribution >= 0.6 is 23.2 Å². The van der Waals surface area contributed by atoms with E-state index in [1.54, 1.807) is 35.3 Å². The standard InChI is InChI=1S/C24H17Cl2F3N2/c25-19-9-4-16(5-10-19)6-13-21-15-23(17-7-11-20(26)12-8-17)31(30-21)22-3-1-2-18(14-22)24(27,28)29/h1-14,23H,15H2/b13-6+. The third kappa shape index (κ3) is 5.12. The molecule has 4 rings (SSSR count). The summed E-state index contributed by atoms with van der Waals surface area (Å²) < 4.78 is 39.7. The lowest BCUT2D eigenvalue weighted by Gasteiger charge is -2.24. The van der Waals surface area contributed by atoms with Gasteiger partial charge in [-0.2, -0.15) is 18.3 Å². The van der Waals surface area contributed by atoms with E-state index in [1.807, 2.05) is 36.4 Å². The molecule has 0 radical (unpaired) electrons. The van der Waals surface area contributed by atoms with Crippen molar-refractivity contribution in [3.8, 4) is 0 Å². The Kier molecular flexibility index (Phi) is 6.08. The molecular weight excluding hydrogens is 444 g/mol. The maximum atomic E-state index is 13.2. The van der Waals surface area contributed by atoms with Gasteiger partial charge < -0.3 is 0 Å². The van der Waals surface area contributed by atoms with Crippen molar-refractivity contribution in [2.45, 2.75) is 18.6 Å². The molecule has 0 saturated heterocycles. The third-order valence-corrected chi connectivity index (χ3v) is 5.47. The summed E-state index contributed by atoms with van der Waals surface area (Å²) in [6.45, 7) is 0. The van der Waals surface area contributed by atoms with E-state index in [0.717, 1.165) is 29.0 Å². The quantitative estimate of drug-likeness (QED) is 0.384. The van der Waals surface area contributed by atoms with Crippen LogP contribution in [0.1, 0.15) is 29.2 Å². The zero-order valence-electron chi connectivity index (χ0n) is 16.2. The van der Waals surface area contributed by atoms with Crippen LogP contribution in [0.25, 0.3) is 6.08 Å². The SMILES string of the molecule is FC(F)(F)c1cccc(N2N=C(/C=C/c3ccc(Cl)cc3)CC2c2ccc(Cl)cc2)c1. The highest BCUT2D eigenvalue weighted by atomic mass is 35.5. The summed E-state index contributed by atoms with van der Waals surface area (Å²) in [5.41, 5.74) is 2.30. The molecule has 1 unspecified atom stereocenters. The van der Waals surface area contributed by atoms with Crippen LogP contribution in [-0.4, -0.2) is 5.71 Å². The predicted molar refractivity (Wildman–Crippen MR) is 121 cm³/mol. The molecule has 0 saturated carbocycles. The van der Waals surface area contributed by atoms with Gasteiger partial charge in [-0.05, 0) is 59.7 Å². The molecule has 1 aliphatic rings. The molecule has 0 aromatic heterocycles. The highest BCUT2D eigenvalue weighted by Gasteiger charge is 2.33. The maximum absolute atomic E-state index is 13.2. The first kappa shape index (κ1) is 21.5. The number of allylic oxidation sites excluding steroid dienone is 1. The van der Waals surface area contributed by atoms with Crippen LogP contribution < -0.4 is 5.01 Å². The highest BCUT2D eigenvalue weighted by molar-refractivity contribution is 6.30. The van der Waals surface area contributed by atoms with Gasteiger partial charge >= 0.3 is 6.18 Å². The Hall–Kier alpha value is -2.76. The zero-order valence-corrected chi connectivity index (χ0v) is 17.7. The Morgan fingerprint density at radius 3 is 2.16 bits per heavy atom. The fourth-order valence-corrected chi connectivity index (χ4v) is 3.66. The van der Waals surface area contributed by atoms with Gasteiger partial charge in [0.1, 0.15) is 0 Å². The van der Waals surface area contributed by atoms with Gasteiger partial charge in [-0.3, -0.25) is 5.01 Å². The molecule has 2 nitrogen and oxygen atoms in total. The van der Waals surface area contributed by atoms with E-state index in [4.69, 9.17) is 23.2 Å². The Bertz CT molecular complexity index is 1120. The maximum Gasteiger partial charge on any atom is 0.416 e. The monoisotopic (exact) mass is 460 g/mol. The third-order valence-electron chi connectivity index (χ3n) is 4.96. The van der Waals surface area contributed by atoms with Crippen molar-refractivity contribution >= 4 is 40.7 Å². The van der Waals surface area contributed by atoms with E-state index < -0.39 is 11.7 Å². The second-order valence-electron chi connectivity index (χ2n) is 7.14. The van der Waals surface area contributed by atoms with Crippen LogP contribution in [0.3, 0.4) is 0 Å². The molecule has 1 aliphatic heterocycles. The predicted octanol–water partition coefficient (Wildman–Crippen LogP) is 8.03. The van der Waals surface area contributed by atoms with Crippen LogP contribution in [0, 0.1) is 0 Å². The first-order valence-corrected chi connectivity index (χ1v) is 10.3. The Morgan fingerprint density at radius 1 is 0.871 bits per heavy atom. The Morgan fingerprint density at radius 2 is 1.52 bits per heavy atom. The van der Waals surface area contributed by atoms with Crippen molar-refractivity contribution in [3.63, 3.8) is 0 Å². The summed E-state index contributed by atoms with van der Waals surface area (Å²) in [6.07, 6.45) is -0.0992. The largest absolute Gasteiger partial charge is 0.416 e. The van der Waals surface area contributed by atoms with Crippen LogP contribution in [0.2, 0.25) is 10.0 Å². The fourth-order valence-electron chi connectivity index (χ4n) is 3.41. The molecule has 0 bridgehead atoms. The topological polar surface area (TPSA) is 15.6 Å². The van der Waals surface area contributed by atoms with Gasteiger partial charge in [-0.1, -0.05) is 59.6 Å². The van der Waals surface area contributed by atoms with Crippen molar-refractivity contribution in [1.82, 2.24) is 0 Å². The lowest BCUT2D eigenvalue weighted by atomic mass is 10.0. The minimum atomic E-state index is -4.42. The average Bonchev–Trinajstić information content (AvgIpc) is 3.18. The van der Waals surface area contributed by atoms with E-state index in [9.17, 15) is 13.2 Å². The first-order chi connectivity index (χ1) is 14.8. The van der Waals surface area contributed by atoms with Gasteiger partial charge in [-0.15, -0.1) is 0 Å². The summed E-state index contributed by atoms with van der Waals surface area (Å²) in [5, 5.41) is 7.51. The van der Waals surface area contributed by atoms with Crippen LogP contribution in [0.5, 0.6) is 0 Å². The number of rotatable bonds is 4. The molecule has 7 heteroatoms. The van der Waals surface area contributed by atoms with Crippen molar-refractivity contribution in [1.29, 1.82) is 0 Å². The number of benzene rings is 3. The number of hydrazone groups is 1. The highest BCUT2D eigenvalue weighted by Crippen LogP contribution is 2.38. The normalized spacial score (nSPS) is 16.7. The zero-order chi connectivity index (χ0) is 22.0. The smallest absolute Gasteiger partial charge is 0.257 e. The number of alkyl halides is 3. The van der Waals surface area contributed by atoms with Crippen LogP contribution in [-0.2, 0) is 6.18 Å². The van der Waals surface area contributed by atoms with Crippen molar-refractivity contribution in [3.05, 3.63) is 106 Å². The number of hydrogen-bond acceptors (Lipinski definition) is 2. The van der Waals surface area contributed by atoms with Gasteiger partial charge in [0, 0.05) is 16.5 Å². The van der Waals surface area contributed by atoms with Crippen LogP contribution in [0.15, 0.2) is 84.0 Å². The molecule has 1 atom stereocenters. The van der Waals surface area contributed by atoms with E-state index in [2.05, 4.69) is 5.10 Å². The molecule has 158 valence electrons. The van der Waals surface area contributed by atoms with E-state index in [0.29, 0.717) is 22.2 Å².